The molecule has 10 heteroatoms. The van der Waals surface area contributed by atoms with Gasteiger partial charge in [-0.1, -0.05) is 29.3 Å². The average Bonchev–Trinajstić information content (AvgIpc) is 3.37. The lowest BCUT2D eigenvalue weighted by Crippen LogP contribution is -2.35. The van der Waals surface area contributed by atoms with Gasteiger partial charge in [0.25, 0.3) is 5.91 Å². The van der Waals surface area contributed by atoms with Crippen LogP contribution in [-0.4, -0.2) is 56.1 Å². The molecule has 8 nitrogen and oxygen atoms in total. The molecule has 194 valence electrons. The molecule has 0 bridgehead atoms. The highest BCUT2D eigenvalue weighted by molar-refractivity contribution is 6.36. The Morgan fingerprint density at radius 3 is 2.32 bits per heavy atom. The van der Waals surface area contributed by atoms with Gasteiger partial charge in [0.2, 0.25) is 11.7 Å². The second kappa shape index (κ2) is 11.7. The van der Waals surface area contributed by atoms with Gasteiger partial charge < -0.3 is 24.4 Å². The zero-order valence-electron chi connectivity index (χ0n) is 20.7. The Hall–Kier alpha value is -3.49. The van der Waals surface area contributed by atoms with E-state index in [1.54, 1.807) is 23.2 Å². The molecule has 0 saturated carbocycles. The second-order valence-corrected chi connectivity index (χ2v) is 9.39. The first-order chi connectivity index (χ1) is 17.9. The number of halogens is 2. The largest absolute Gasteiger partial charge is 0.493 e. The highest BCUT2D eigenvalue weighted by Crippen LogP contribution is 2.43. The van der Waals surface area contributed by atoms with Crippen molar-refractivity contribution < 1.29 is 23.8 Å². The summed E-state index contributed by atoms with van der Waals surface area (Å²) in [6, 6.07) is 13.9. The highest BCUT2D eigenvalue weighted by atomic mass is 35.5. The number of carbonyl (C=O) groups is 2. The zero-order valence-corrected chi connectivity index (χ0v) is 22.2. The minimum absolute atomic E-state index is 0.193. The van der Waals surface area contributed by atoms with E-state index in [1.807, 2.05) is 30.3 Å². The molecule has 2 unspecified atom stereocenters. The number of methoxy groups -OCH3 is 3. The number of amides is 2. The van der Waals surface area contributed by atoms with E-state index in [0.717, 1.165) is 11.3 Å². The van der Waals surface area contributed by atoms with Crippen LogP contribution in [0.4, 0.5) is 0 Å². The predicted molar refractivity (Wildman–Crippen MR) is 141 cm³/mol. The first kappa shape index (κ1) is 26.6. The van der Waals surface area contributed by atoms with Crippen LogP contribution in [0.2, 0.25) is 10.0 Å². The van der Waals surface area contributed by atoms with Crippen molar-refractivity contribution in [1.29, 1.82) is 0 Å². The Morgan fingerprint density at radius 1 is 1.00 bits per heavy atom. The third kappa shape index (κ3) is 5.76. The van der Waals surface area contributed by atoms with E-state index in [0.29, 0.717) is 27.8 Å². The predicted octanol–water partition coefficient (Wildman–Crippen LogP) is 4.59. The van der Waals surface area contributed by atoms with Crippen molar-refractivity contribution in [2.45, 2.75) is 12.5 Å². The lowest BCUT2D eigenvalue weighted by Gasteiger charge is -2.21. The van der Waals surface area contributed by atoms with Gasteiger partial charge in [0.1, 0.15) is 0 Å². The summed E-state index contributed by atoms with van der Waals surface area (Å²) < 4.78 is 16.5. The van der Waals surface area contributed by atoms with Crippen molar-refractivity contribution >= 4 is 35.0 Å². The molecule has 37 heavy (non-hydrogen) atoms. The molecule has 1 aliphatic rings. The number of benzene rings is 2. The molecule has 1 aliphatic heterocycles. The SMILES string of the molecule is COc1cc(C2CN(C(=O)c3ccc(Cl)cc3Cl)CC2C(=O)NCc2ccccn2)cc(OC)c1OC. The van der Waals surface area contributed by atoms with Gasteiger partial charge in [-0.3, -0.25) is 14.6 Å². The number of likely N-dealkylation sites (tertiary alicyclic amines) is 1. The quantitative estimate of drug-likeness (QED) is 0.447. The number of aromatic nitrogens is 1. The van der Waals surface area contributed by atoms with Gasteiger partial charge in [-0.25, -0.2) is 0 Å². The van der Waals surface area contributed by atoms with Crippen LogP contribution in [0.3, 0.4) is 0 Å². The number of hydrogen-bond donors (Lipinski definition) is 1. The molecule has 1 aromatic heterocycles. The Kier molecular flexibility index (Phi) is 8.41. The fraction of sp³-hybridized carbons (Fsp3) is 0.296. The fourth-order valence-electron chi connectivity index (χ4n) is 4.53. The lowest BCUT2D eigenvalue weighted by molar-refractivity contribution is -0.125. The standard InChI is InChI=1S/C27H27Cl2N3O5/c1-35-23-10-16(11-24(36-2)25(23)37-3)20-14-32(27(34)19-8-7-17(28)12-22(19)29)15-21(20)26(33)31-13-18-6-4-5-9-30-18/h4-12,20-21H,13-15H2,1-3H3,(H,31,33). The van der Waals surface area contributed by atoms with E-state index in [1.165, 1.54) is 27.4 Å². The molecule has 2 heterocycles. The van der Waals surface area contributed by atoms with Crippen molar-refractivity contribution in [3.8, 4) is 17.2 Å². The van der Waals surface area contributed by atoms with Crippen molar-refractivity contribution in [2.24, 2.45) is 5.92 Å². The normalized spacial score (nSPS) is 16.8. The van der Waals surface area contributed by atoms with E-state index in [4.69, 9.17) is 37.4 Å². The number of carbonyl (C=O) groups excluding carboxylic acids is 2. The van der Waals surface area contributed by atoms with Gasteiger partial charge in [0.05, 0.1) is 50.1 Å². The van der Waals surface area contributed by atoms with Crippen LogP contribution in [0.5, 0.6) is 17.2 Å². The van der Waals surface area contributed by atoms with Crippen LogP contribution in [0.25, 0.3) is 0 Å². The number of nitrogens with one attached hydrogen (secondary N) is 1. The van der Waals surface area contributed by atoms with E-state index >= 15 is 0 Å². The van der Waals surface area contributed by atoms with Crippen LogP contribution >= 0.6 is 23.2 Å². The Bertz CT molecular complexity index is 1260. The van der Waals surface area contributed by atoms with Gasteiger partial charge in [-0.15, -0.1) is 0 Å². The van der Waals surface area contributed by atoms with Crippen molar-refractivity contribution in [3.05, 3.63) is 81.6 Å². The number of pyridine rings is 1. The number of ether oxygens (including phenoxy) is 3. The van der Waals surface area contributed by atoms with E-state index in [9.17, 15) is 9.59 Å². The fourth-order valence-corrected chi connectivity index (χ4v) is 5.02. The van der Waals surface area contributed by atoms with Gasteiger partial charge in [0.15, 0.2) is 11.5 Å². The smallest absolute Gasteiger partial charge is 0.255 e. The summed E-state index contributed by atoms with van der Waals surface area (Å²) in [4.78, 5) is 32.8. The van der Waals surface area contributed by atoms with Gasteiger partial charge in [-0.2, -0.15) is 0 Å². The second-order valence-electron chi connectivity index (χ2n) is 8.54. The number of rotatable bonds is 8. The zero-order chi connectivity index (χ0) is 26.5. The van der Waals surface area contributed by atoms with Crippen molar-refractivity contribution in [2.75, 3.05) is 34.4 Å². The summed E-state index contributed by atoms with van der Waals surface area (Å²) in [7, 11) is 4.59. The molecule has 1 N–H and O–H groups in total. The third-order valence-electron chi connectivity index (χ3n) is 6.39. The first-order valence-electron chi connectivity index (χ1n) is 11.6. The van der Waals surface area contributed by atoms with Gasteiger partial charge in [-0.05, 0) is 48.0 Å². The summed E-state index contributed by atoms with van der Waals surface area (Å²) in [5.74, 6) is 0.0314. The molecule has 0 radical (unpaired) electrons. The summed E-state index contributed by atoms with van der Waals surface area (Å²) in [6.45, 7) is 0.764. The molecular formula is C27H27Cl2N3O5. The van der Waals surface area contributed by atoms with Crippen LogP contribution < -0.4 is 19.5 Å². The number of nitrogens with zero attached hydrogens (tertiary/aromatic N) is 2. The monoisotopic (exact) mass is 543 g/mol. The molecule has 0 aliphatic carbocycles. The molecule has 2 aromatic carbocycles. The summed E-state index contributed by atoms with van der Waals surface area (Å²) in [6.07, 6.45) is 1.67. The van der Waals surface area contributed by atoms with Crippen molar-refractivity contribution in [1.82, 2.24) is 15.2 Å². The molecule has 1 fully saturated rings. The topological polar surface area (TPSA) is 90.0 Å². The molecule has 3 aromatic rings. The first-order valence-corrected chi connectivity index (χ1v) is 12.3. The van der Waals surface area contributed by atoms with Crippen LogP contribution in [-0.2, 0) is 11.3 Å². The molecule has 0 spiro atoms. The Labute approximate surface area is 225 Å². The maximum atomic E-state index is 13.4. The summed E-state index contributed by atoms with van der Waals surface area (Å²) >= 11 is 12.3. The highest BCUT2D eigenvalue weighted by Gasteiger charge is 2.41. The van der Waals surface area contributed by atoms with E-state index < -0.39 is 5.92 Å². The van der Waals surface area contributed by atoms with Gasteiger partial charge in [0, 0.05) is 30.2 Å². The molecular weight excluding hydrogens is 517 g/mol. The maximum absolute atomic E-state index is 13.4. The minimum atomic E-state index is -0.540. The van der Waals surface area contributed by atoms with Crippen LogP contribution in [0.1, 0.15) is 27.5 Å². The van der Waals surface area contributed by atoms with Crippen LogP contribution in [0.15, 0.2) is 54.7 Å². The third-order valence-corrected chi connectivity index (χ3v) is 6.94. The molecule has 4 rings (SSSR count). The maximum Gasteiger partial charge on any atom is 0.255 e. The van der Waals surface area contributed by atoms with Crippen LogP contribution in [0, 0.1) is 5.92 Å². The van der Waals surface area contributed by atoms with E-state index in [-0.39, 0.29) is 42.4 Å². The van der Waals surface area contributed by atoms with E-state index in [2.05, 4.69) is 10.3 Å². The summed E-state index contributed by atoms with van der Waals surface area (Å²) in [5, 5.41) is 3.66. The minimum Gasteiger partial charge on any atom is -0.493 e. The Morgan fingerprint density at radius 2 is 1.73 bits per heavy atom. The van der Waals surface area contributed by atoms with Crippen molar-refractivity contribution in [3.63, 3.8) is 0 Å². The Balaban J connectivity index is 1.67. The summed E-state index contributed by atoms with van der Waals surface area (Å²) in [5.41, 5.74) is 1.84. The molecule has 2 amide bonds. The van der Waals surface area contributed by atoms with Gasteiger partial charge >= 0.3 is 0 Å². The number of hydrogen-bond acceptors (Lipinski definition) is 6. The lowest BCUT2D eigenvalue weighted by atomic mass is 9.88. The molecule has 2 atom stereocenters. The average molecular weight is 544 g/mol. The molecule has 1 saturated heterocycles.